The first-order chi connectivity index (χ1) is 7.86. The number of benzene rings is 1. The molecule has 1 aromatic heterocycles. The number of fused-ring (bicyclic) bond motifs is 1. The van der Waals surface area contributed by atoms with Crippen LogP contribution < -0.4 is 5.56 Å². The Morgan fingerprint density at radius 1 is 0.647 bits per heavy atom. The Balaban J connectivity index is 3.18. The van der Waals surface area contributed by atoms with Gasteiger partial charge in [-0.3, -0.25) is 4.79 Å². The Kier molecular flexibility index (Phi) is 2.37. The second-order valence-corrected chi connectivity index (χ2v) is 3.09. The molecular formula is C9HF6NO. The minimum Gasteiger partial charge on any atom is -0.317 e. The lowest BCUT2D eigenvalue weighted by molar-refractivity contribution is 0.412. The van der Waals surface area contributed by atoms with Crippen molar-refractivity contribution in [1.82, 2.24) is 4.98 Å². The normalized spacial score (nSPS) is 11.2. The van der Waals surface area contributed by atoms with Gasteiger partial charge < -0.3 is 4.98 Å². The molecule has 0 fully saturated rings. The van der Waals surface area contributed by atoms with Gasteiger partial charge in [-0.25, -0.2) is 22.0 Å². The first-order valence-corrected chi connectivity index (χ1v) is 4.09. The number of aromatic amines is 1. The highest BCUT2D eigenvalue weighted by atomic mass is 19.2. The monoisotopic (exact) mass is 253 g/mol. The number of pyridine rings is 1. The summed E-state index contributed by atoms with van der Waals surface area (Å²) in [6.45, 7) is 0. The van der Waals surface area contributed by atoms with Gasteiger partial charge in [-0.05, 0) is 0 Å². The minimum absolute atomic E-state index is 1.27. The van der Waals surface area contributed by atoms with Crippen LogP contribution in [-0.4, -0.2) is 4.98 Å². The van der Waals surface area contributed by atoms with E-state index in [-0.39, 0.29) is 0 Å². The van der Waals surface area contributed by atoms with Crippen molar-refractivity contribution in [3.8, 4) is 0 Å². The maximum atomic E-state index is 13.1. The van der Waals surface area contributed by atoms with Gasteiger partial charge >= 0.3 is 0 Å². The topological polar surface area (TPSA) is 32.9 Å². The van der Waals surface area contributed by atoms with Crippen LogP contribution in [0.3, 0.4) is 0 Å². The van der Waals surface area contributed by atoms with Crippen LogP contribution in [-0.2, 0) is 0 Å². The number of aromatic nitrogens is 1. The summed E-state index contributed by atoms with van der Waals surface area (Å²) in [5.74, 6) is -12.8. The van der Waals surface area contributed by atoms with Gasteiger partial charge in [-0.1, -0.05) is 0 Å². The lowest BCUT2D eigenvalue weighted by Crippen LogP contribution is -2.16. The lowest BCUT2D eigenvalue weighted by Gasteiger charge is -2.05. The van der Waals surface area contributed by atoms with Gasteiger partial charge in [-0.2, -0.15) is 4.39 Å². The summed E-state index contributed by atoms with van der Waals surface area (Å²) in [6.07, 6.45) is 0. The van der Waals surface area contributed by atoms with Gasteiger partial charge in [0.2, 0.25) is 5.82 Å². The van der Waals surface area contributed by atoms with E-state index in [9.17, 15) is 31.1 Å². The molecule has 0 atom stereocenters. The Labute approximate surface area is 88.5 Å². The van der Waals surface area contributed by atoms with E-state index < -0.39 is 51.4 Å². The van der Waals surface area contributed by atoms with E-state index in [1.807, 2.05) is 0 Å². The molecule has 2 nitrogen and oxygen atoms in total. The second kappa shape index (κ2) is 3.51. The summed E-state index contributed by atoms with van der Waals surface area (Å²) in [4.78, 5) is 12.1. The quantitative estimate of drug-likeness (QED) is 0.436. The fourth-order valence-corrected chi connectivity index (χ4v) is 1.33. The molecule has 0 aliphatic carbocycles. The van der Waals surface area contributed by atoms with Crippen molar-refractivity contribution in [1.29, 1.82) is 0 Å². The van der Waals surface area contributed by atoms with Gasteiger partial charge in [-0.15, -0.1) is 0 Å². The van der Waals surface area contributed by atoms with Gasteiger partial charge in [0.15, 0.2) is 29.1 Å². The Morgan fingerprint density at radius 3 is 1.71 bits per heavy atom. The molecule has 0 saturated heterocycles. The van der Waals surface area contributed by atoms with Crippen LogP contribution in [0.25, 0.3) is 10.9 Å². The van der Waals surface area contributed by atoms with Crippen molar-refractivity contribution in [3.63, 3.8) is 0 Å². The molecule has 0 aliphatic rings. The Hall–Kier alpha value is -1.99. The summed E-state index contributed by atoms with van der Waals surface area (Å²) in [5.41, 5.74) is -2.98. The summed E-state index contributed by atoms with van der Waals surface area (Å²) in [6, 6.07) is 0. The van der Waals surface area contributed by atoms with E-state index >= 15 is 0 Å². The summed E-state index contributed by atoms with van der Waals surface area (Å²) >= 11 is 0. The Morgan fingerprint density at radius 2 is 1.12 bits per heavy atom. The molecule has 0 aliphatic heterocycles. The second-order valence-electron chi connectivity index (χ2n) is 3.09. The van der Waals surface area contributed by atoms with E-state index in [1.165, 1.54) is 4.98 Å². The van der Waals surface area contributed by atoms with Gasteiger partial charge in [0.05, 0.1) is 10.9 Å². The molecule has 2 aromatic rings. The largest absolute Gasteiger partial charge is 0.317 e. The first-order valence-electron chi connectivity index (χ1n) is 4.09. The zero-order valence-corrected chi connectivity index (χ0v) is 7.68. The highest BCUT2D eigenvalue weighted by Gasteiger charge is 2.26. The highest BCUT2D eigenvalue weighted by molar-refractivity contribution is 5.80. The van der Waals surface area contributed by atoms with Crippen molar-refractivity contribution in [2.45, 2.75) is 0 Å². The molecule has 8 heteroatoms. The molecular weight excluding hydrogens is 252 g/mol. The van der Waals surface area contributed by atoms with Crippen LogP contribution in [0.15, 0.2) is 4.79 Å². The summed E-state index contributed by atoms with van der Waals surface area (Å²) < 4.78 is 77.6. The maximum Gasteiger partial charge on any atom is 0.287 e. The fraction of sp³-hybridized carbons (Fsp3) is 0. The summed E-state index contributed by atoms with van der Waals surface area (Å²) in [7, 11) is 0. The summed E-state index contributed by atoms with van der Waals surface area (Å²) in [5, 5.41) is -1.49. The predicted molar refractivity (Wildman–Crippen MR) is 44.3 cm³/mol. The Bertz CT molecular complexity index is 692. The van der Waals surface area contributed by atoms with Crippen molar-refractivity contribution < 1.29 is 26.3 Å². The number of H-pyrrole nitrogens is 1. The molecule has 2 rings (SSSR count). The zero-order valence-electron chi connectivity index (χ0n) is 7.68. The van der Waals surface area contributed by atoms with Crippen LogP contribution in [0.4, 0.5) is 26.3 Å². The minimum atomic E-state index is -2.29. The van der Waals surface area contributed by atoms with Crippen molar-refractivity contribution in [3.05, 3.63) is 45.3 Å². The van der Waals surface area contributed by atoms with E-state index in [1.54, 1.807) is 0 Å². The third-order valence-corrected chi connectivity index (χ3v) is 2.12. The average molecular weight is 253 g/mol. The average Bonchev–Trinajstić information content (AvgIpc) is 2.30. The molecule has 90 valence electrons. The number of rotatable bonds is 0. The lowest BCUT2D eigenvalue weighted by atomic mass is 10.1. The fourth-order valence-electron chi connectivity index (χ4n) is 1.33. The van der Waals surface area contributed by atoms with Crippen LogP contribution in [0, 0.1) is 34.9 Å². The number of nitrogens with one attached hydrogen (secondary N) is 1. The standard InChI is InChI=1S/C9HF6NO/c10-2-1-3(11)7(15)9(17)16-8(1)6(14)5(13)4(2)12/h(H,16,17). The molecule has 1 N–H and O–H groups in total. The van der Waals surface area contributed by atoms with E-state index in [4.69, 9.17) is 0 Å². The van der Waals surface area contributed by atoms with Crippen LogP contribution in [0.5, 0.6) is 0 Å². The number of halogens is 6. The maximum absolute atomic E-state index is 13.1. The molecule has 1 heterocycles. The van der Waals surface area contributed by atoms with Gasteiger partial charge in [0.25, 0.3) is 5.56 Å². The van der Waals surface area contributed by atoms with E-state index in [0.717, 1.165) is 0 Å². The molecule has 0 radical (unpaired) electrons. The molecule has 0 bridgehead atoms. The van der Waals surface area contributed by atoms with Crippen LogP contribution in [0.1, 0.15) is 0 Å². The van der Waals surface area contributed by atoms with Crippen molar-refractivity contribution in [2.24, 2.45) is 0 Å². The van der Waals surface area contributed by atoms with Crippen molar-refractivity contribution >= 4 is 10.9 Å². The molecule has 1 aromatic carbocycles. The van der Waals surface area contributed by atoms with Crippen molar-refractivity contribution in [2.75, 3.05) is 0 Å². The molecule has 0 spiro atoms. The number of hydrogen-bond donors (Lipinski definition) is 1. The van der Waals surface area contributed by atoms with Crippen LogP contribution in [0.2, 0.25) is 0 Å². The van der Waals surface area contributed by atoms with Crippen LogP contribution >= 0.6 is 0 Å². The van der Waals surface area contributed by atoms with Gasteiger partial charge in [0, 0.05) is 0 Å². The molecule has 0 saturated carbocycles. The van der Waals surface area contributed by atoms with E-state index in [2.05, 4.69) is 0 Å². The zero-order chi connectivity index (χ0) is 12.9. The van der Waals surface area contributed by atoms with Gasteiger partial charge in [0.1, 0.15) is 0 Å². The first kappa shape index (κ1) is 11.5. The molecule has 17 heavy (non-hydrogen) atoms. The molecule has 0 unspecified atom stereocenters. The number of hydrogen-bond acceptors (Lipinski definition) is 1. The third-order valence-electron chi connectivity index (χ3n) is 2.12. The molecule has 0 amide bonds. The smallest absolute Gasteiger partial charge is 0.287 e. The highest BCUT2D eigenvalue weighted by Crippen LogP contribution is 2.26. The third kappa shape index (κ3) is 1.40. The SMILES string of the molecule is O=c1[nH]c2c(F)c(F)c(F)c(F)c2c(F)c1F. The predicted octanol–water partition coefficient (Wildman–Crippen LogP) is 2.36. The van der Waals surface area contributed by atoms with E-state index in [0.29, 0.717) is 0 Å².